The van der Waals surface area contributed by atoms with Gasteiger partial charge in [-0.2, -0.15) is 0 Å². The first-order valence-corrected chi connectivity index (χ1v) is 10.0. The third-order valence-corrected chi connectivity index (χ3v) is 5.63. The number of nitrogens with two attached hydrogens (primary N) is 1. The number of nitrogen functional groups attached to an aromatic ring is 1. The Balaban J connectivity index is 1.83. The standard InChI is InChI=1S/C22H28ClN3O/c1-14(2)16-7-9-17(10-8-16)22(27)25-20-13-21(19(24)12-18(20)23)26-11-5-4-6-15(26)3/h7-10,12-15H,4-6,11,24H2,1-3H3,(H,25,27)/t15-/m0/s1. The van der Waals surface area contributed by atoms with Gasteiger partial charge in [0.15, 0.2) is 0 Å². The second-order valence-electron chi connectivity index (χ2n) is 7.66. The molecule has 0 radical (unpaired) electrons. The Labute approximate surface area is 166 Å². The monoisotopic (exact) mass is 385 g/mol. The van der Waals surface area contributed by atoms with Gasteiger partial charge < -0.3 is 16.0 Å². The number of hydrogen-bond donors (Lipinski definition) is 2. The van der Waals surface area contributed by atoms with Crippen LogP contribution in [0.2, 0.25) is 5.02 Å². The van der Waals surface area contributed by atoms with Crippen LogP contribution < -0.4 is 16.0 Å². The minimum Gasteiger partial charge on any atom is -0.397 e. The molecule has 5 heteroatoms. The van der Waals surface area contributed by atoms with Gasteiger partial charge >= 0.3 is 0 Å². The molecule has 0 spiro atoms. The molecule has 2 aromatic rings. The molecule has 2 aromatic carbocycles. The molecule has 3 N–H and O–H groups in total. The van der Waals surface area contributed by atoms with Crippen LogP contribution in [0.15, 0.2) is 36.4 Å². The smallest absolute Gasteiger partial charge is 0.255 e. The van der Waals surface area contributed by atoms with Crippen molar-refractivity contribution in [3.63, 3.8) is 0 Å². The molecule has 0 aliphatic carbocycles. The van der Waals surface area contributed by atoms with Crippen molar-refractivity contribution in [3.8, 4) is 0 Å². The fourth-order valence-corrected chi connectivity index (χ4v) is 3.81. The lowest BCUT2D eigenvalue weighted by Gasteiger charge is -2.36. The van der Waals surface area contributed by atoms with Crippen molar-refractivity contribution >= 4 is 34.6 Å². The molecule has 0 unspecified atom stereocenters. The number of anilines is 3. The molecule has 144 valence electrons. The fraction of sp³-hybridized carbons (Fsp3) is 0.409. The van der Waals surface area contributed by atoms with Crippen molar-refractivity contribution in [2.75, 3.05) is 22.5 Å². The normalized spacial score (nSPS) is 17.2. The molecule has 0 bridgehead atoms. The van der Waals surface area contributed by atoms with Crippen molar-refractivity contribution < 1.29 is 4.79 Å². The largest absolute Gasteiger partial charge is 0.397 e. The Morgan fingerprint density at radius 1 is 1.22 bits per heavy atom. The van der Waals surface area contributed by atoms with E-state index >= 15 is 0 Å². The van der Waals surface area contributed by atoms with Crippen molar-refractivity contribution in [2.45, 2.75) is 52.0 Å². The summed E-state index contributed by atoms with van der Waals surface area (Å²) in [4.78, 5) is 15.0. The quantitative estimate of drug-likeness (QED) is 0.666. The lowest BCUT2D eigenvalue weighted by Crippen LogP contribution is -2.37. The van der Waals surface area contributed by atoms with Crippen molar-refractivity contribution in [2.24, 2.45) is 0 Å². The summed E-state index contributed by atoms with van der Waals surface area (Å²) in [7, 11) is 0. The maximum atomic E-state index is 12.7. The summed E-state index contributed by atoms with van der Waals surface area (Å²) in [5.74, 6) is 0.261. The molecule has 1 saturated heterocycles. The highest BCUT2D eigenvalue weighted by Gasteiger charge is 2.22. The highest BCUT2D eigenvalue weighted by atomic mass is 35.5. The number of nitrogens with one attached hydrogen (secondary N) is 1. The van der Waals surface area contributed by atoms with Crippen molar-refractivity contribution in [3.05, 3.63) is 52.5 Å². The summed E-state index contributed by atoms with van der Waals surface area (Å²) in [6.07, 6.45) is 3.53. The summed E-state index contributed by atoms with van der Waals surface area (Å²) < 4.78 is 0. The first kappa shape index (κ1) is 19.6. The molecule has 27 heavy (non-hydrogen) atoms. The third-order valence-electron chi connectivity index (χ3n) is 5.32. The van der Waals surface area contributed by atoms with Crippen LogP contribution in [0.1, 0.15) is 61.9 Å². The van der Waals surface area contributed by atoms with Crippen LogP contribution >= 0.6 is 11.6 Å². The van der Waals surface area contributed by atoms with Gasteiger partial charge in [-0.25, -0.2) is 0 Å². The Morgan fingerprint density at radius 2 is 1.93 bits per heavy atom. The molecule has 0 saturated carbocycles. The number of rotatable bonds is 4. The fourth-order valence-electron chi connectivity index (χ4n) is 3.59. The molecule has 1 aliphatic heterocycles. The zero-order valence-corrected chi connectivity index (χ0v) is 17.0. The first-order chi connectivity index (χ1) is 12.9. The van der Waals surface area contributed by atoms with Crippen molar-refractivity contribution in [1.82, 2.24) is 0 Å². The number of amides is 1. The molecule has 3 rings (SSSR count). The van der Waals surface area contributed by atoms with Gasteiger partial charge in [-0.3, -0.25) is 4.79 Å². The number of benzene rings is 2. The van der Waals surface area contributed by atoms with Gasteiger partial charge in [-0.1, -0.05) is 37.6 Å². The van der Waals surface area contributed by atoms with Gasteiger partial charge in [0, 0.05) is 18.2 Å². The maximum Gasteiger partial charge on any atom is 0.255 e. The van der Waals surface area contributed by atoms with Crippen molar-refractivity contribution in [1.29, 1.82) is 0 Å². The molecule has 1 heterocycles. The lowest BCUT2D eigenvalue weighted by atomic mass is 10.0. The van der Waals surface area contributed by atoms with Crippen LogP contribution in [0.25, 0.3) is 0 Å². The molecule has 4 nitrogen and oxygen atoms in total. The van der Waals surface area contributed by atoms with Crippen LogP contribution in [-0.4, -0.2) is 18.5 Å². The predicted molar refractivity (Wildman–Crippen MR) is 115 cm³/mol. The molecule has 1 atom stereocenters. The topological polar surface area (TPSA) is 58.4 Å². The zero-order chi connectivity index (χ0) is 19.6. The van der Waals surface area contributed by atoms with Crippen LogP contribution in [0.5, 0.6) is 0 Å². The van der Waals surface area contributed by atoms with Gasteiger partial charge in [0.2, 0.25) is 0 Å². The Bertz CT molecular complexity index is 817. The van der Waals surface area contributed by atoms with Gasteiger partial charge in [0.25, 0.3) is 5.91 Å². The Hall–Kier alpha value is -2.20. The van der Waals surface area contributed by atoms with E-state index in [1.54, 1.807) is 6.07 Å². The highest BCUT2D eigenvalue weighted by Crippen LogP contribution is 2.36. The van der Waals surface area contributed by atoms with Gasteiger partial charge in [-0.15, -0.1) is 0 Å². The minimum atomic E-state index is -0.172. The number of carbonyl (C=O) groups is 1. The second-order valence-corrected chi connectivity index (χ2v) is 8.07. The number of carbonyl (C=O) groups excluding carboxylic acids is 1. The summed E-state index contributed by atoms with van der Waals surface area (Å²) in [6.45, 7) is 7.44. The second kappa shape index (κ2) is 8.22. The number of nitrogens with zero attached hydrogens (tertiary/aromatic N) is 1. The van der Waals surface area contributed by atoms with Crippen LogP contribution in [-0.2, 0) is 0 Å². The third kappa shape index (κ3) is 4.38. The van der Waals surface area contributed by atoms with E-state index in [0.29, 0.717) is 33.9 Å². The van der Waals surface area contributed by atoms with Gasteiger partial charge in [0.05, 0.1) is 22.1 Å². The highest BCUT2D eigenvalue weighted by molar-refractivity contribution is 6.34. The first-order valence-electron chi connectivity index (χ1n) is 9.63. The molecule has 1 aliphatic rings. The van der Waals surface area contributed by atoms with E-state index in [2.05, 4.69) is 31.0 Å². The number of halogens is 1. The molecular weight excluding hydrogens is 358 g/mol. The Kier molecular flexibility index (Phi) is 5.95. The van der Waals surface area contributed by atoms with E-state index < -0.39 is 0 Å². The average Bonchev–Trinajstić information content (AvgIpc) is 2.64. The maximum absolute atomic E-state index is 12.7. The van der Waals surface area contributed by atoms with E-state index in [4.69, 9.17) is 17.3 Å². The average molecular weight is 386 g/mol. The zero-order valence-electron chi connectivity index (χ0n) is 16.3. The molecule has 1 amide bonds. The lowest BCUT2D eigenvalue weighted by molar-refractivity contribution is 0.102. The van der Waals surface area contributed by atoms with Crippen LogP contribution in [0, 0.1) is 0 Å². The molecule has 0 aromatic heterocycles. The Morgan fingerprint density at radius 3 is 2.56 bits per heavy atom. The van der Waals surface area contributed by atoms with Gasteiger partial charge in [0.1, 0.15) is 0 Å². The minimum absolute atomic E-state index is 0.172. The summed E-state index contributed by atoms with van der Waals surface area (Å²) in [6, 6.07) is 11.7. The molecular formula is C22H28ClN3O. The van der Waals surface area contributed by atoms with Crippen LogP contribution in [0.3, 0.4) is 0 Å². The molecule has 1 fully saturated rings. The summed E-state index contributed by atoms with van der Waals surface area (Å²) in [5.41, 5.74) is 10.2. The van der Waals surface area contributed by atoms with Gasteiger partial charge in [-0.05, 0) is 61.9 Å². The number of piperidine rings is 1. The van der Waals surface area contributed by atoms with E-state index in [9.17, 15) is 4.79 Å². The summed E-state index contributed by atoms with van der Waals surface area (Å²) in [5, 5.41) is 3.40. The van der Waals surface area contributed by atoms with E-state index in [1.807, 2.05) is 30.3 Å². The SMILES string of the molecule is CC(C)c1ccc(C(=O)Nc2cc(N3CCCC[C@@H]3C)c(N)cc2Cl)cc1. The number of hydrogen-bond acceptors (Lipinski definition) is 3. The van der Waals surface area contributed by atoms with Crippen LogP contribution in [0.4, 0.5) is 17.1 Å². The predicted octanol–water partition coefficient (Wildman–Crippen LogP) is 5.68. The van der Waals surface area contributed by atoms with E-state index in [-0.39, 0.29) is 5.91 Å². The summed E-state index contributed by atoms with van der Waals surface area (Å²) >= 11 is 6.36. The van der Waals surface area contributed by atoms with E-state index in [0.717, 1.165) is 25.1 Å². The van der Waals surface area contributed by atoms with E-state index in [1.165, 1.54) is 12.0 Å².